The summed E-state index contributed by atoms with van der Waals surface area (Å²) in [6.07, 6.45) is 3.90. The maximum atomic E-state index is 4.68. The fourth-order valence-corrected chi connectivity index (χ4v) is 3.93. The van der Waals surface area contributed by atoms with Gasteiger partial charge in [-0.05, 0) is 73.2 Å². The maximum Gasteiger partial charge on any atom is 0.0886 e. The number of nitrogens with zero attached hydrogens (tertiary/aromatic N) is 2. The summed E-state index contributed by atoms with van der Waals surface area (Å²) in [4.78, 5) is 9.37. The van der Waals surface area contributed by atoms with Crippen LogP contribution in [0.1, 0.15) is 22.3 Å². The molecule has 0 aliphatic heterocycles. The Morgan fingerprint density at radius 3 is 1.11 bits per heavy atom. The van der Waals surface area contributed by atoms with Gasteiger partial charge in [0.1, 0.15) is 0 Å². The second-order valence-electron chi connectivity index (χ2n) is 7.40. The Balaban J connectivity index is 1.65. The highest BCUT2D eigenvalue weighted by molar-refractivity contribution is 5.73. The van der Waals surface area contributed by atoms with E-state index in [1.54, 1.807) is 0 Å². The Hall–Kier alpha value is -3.26. The highest BCUT2D eigenvalue weighted by Gasteiger charge is 2.09. The lowest BCUT2D eigenvalue weighted by Gasteiger charge is -2.11. The van der Waals surface area contributed by atoms with Crippen LogP contribution in [0.15, 0.2) is 73.1 Å². The lowest BCUT2D eigenvalue weighted by molar-refractivity contribution is 1.24. The first-order valence-corrected chi connectivity index (χ1v) is 9.60. The first-order valence-electron chi connectivity index (χ1n) is 9.60. The first-order chi connectivity index (χ1) is 13.5. The van der Waals surface area contributed by atoms with Crippen LogP contribution in [0.3, 0.4) is 0 Å². The highest BCUT2D eigenvalue weighted by atomic mass is 14.8. The number of benzene rings is 2. The molecule has 0 bridgehead atoms. The number of aryl methyl sites for hydroxylation is 4. The third-order valence-corrected chi connectivity index (χ3v) is 5.33. The van der Waals surface area contributed by atoms with Gasteiger partial charge in [0.2, 0.25) is 0 Å². The molecule has 0 unspecified atom stereocenters. The summed E-state index contributed by atoms with van der Waals surface area (Å²) in [5, 5.41) is 0. The molecule has 138 valence electrons. The quantitative estimate of drug-likeness (QED) is 0.404. The number of hydrogen-bond acceptors (Lipinski definition) is 2. The van der Waals surface area contributed by atoms with Crippen LogP contribution >= 0.6 is 0 Å². The Bertz CT molecular complexity index is 991. The van der Waals surface area contributed by atoms with Gasteiger partial charge in [-0.2, -0.15) is 0 Å². The van der Waals surface area contributed by atoms with Gasteiger partial charge in [-0.15, -0.1) is 0 Å². The molecule has 0 spiro atoms. The molecule has 0 aliphatic rings. The van der Waals surface area contributed by atoms with Gasteiger partial charge < -0.3 is 0 Å². The molecule has 0 N–H and O–H groups in total. The number of hydrogen-bond donors (Lipinski definition) is 0. The van der Waals surface area contributed by atoms with E-state index in [0.29, 0.717) is 0 Å². The number of aromatic nitrogens is 2. The normalized spacial score (nSPS) is 10.9. The smallest absolute Gasteiger partial charge is 0.0886 e. The average molecular weight is 364 g/mol. The van der Waals surface area contributed by atoms with Gasteiger partial charge in [0.15, 0.2) is 0 Å². The van der Waals surface area contributed by atoms with E-state index in [4.69, 9.17) is 0 Å². The number of pyridine rings is 2. The van der Waals surface area contributed by atoms with Gasteiger partial charge in [0.05, 0.1) is 11.4 Å². The summed E-state index contributed by atoms with van der Waals surface area (Å²) in [5.41, 5.74) is 11.7. The topological polar surface area (TPSA) is 25.8 Å². The third-order valence-electron chi connectivity index (χ3n) is 5.33. The molecule has 2 heteroatoms. The van der Waals surface area contributed by atoms with E-state index in [2.05, 4.69) is 98.3 Å². The molecular formula is C26H24N2. The van der Waals surface area contributed by atoms with Gasteiger partial charge in [-0.1, -0.05) is 48.5 Å². The zero-order valence-electron chi connectivity index (χ0n) is 16.8. The molecule has 2 heterocycles. The molecule has 0 atom stereocenters. The van der Waals surface area contributed by atoms with Crippen LogP contribution in [0.2, 0.25) is 0 Å². The lowest BCUT2D eigenvalue weighted by Crippen LogP contribution is -1.93. The largest absolute Gasteiger partial charge is 0.254 e. The summed E-state index contributed by atoms with van der Waals surface area (Å²) in [6.45, 7) is 8.57. The summed E-state index contributed by atoms with van der Waals surface area (Å²) >= 11 is 0. The minimum atomic E-state index is 0.892. The second kappa shape index (κ2) is 7.40. The average Bonchev–Trinajstić information content (AvgIpc) is 2.69. The van der Waals surface area contributed by atoms with Crippen molar-refractivity contribution in [1.29, 1.82) is 0 Å². The van der Waals surface area contributed by atoms with Crippen molar-refractivity contribution >= 4 is 0 Å². The van der Waals surface area contributed by atoms with Gasteiger partial charge >= 0.3 is 0 Å². The van der Waals surface area contributed by atoms with E-state index in [1.807, 2.05) is 12.4 Å². The molecule has 0 saturated carbocycles. The third kappa shape index (κ3) is 3.34. The molecule has 0 radical (unpaired) electrons. The SMILES string of the molecule is Cc1cccc(C)c1-c1ccc(-c2ccc(-c3c(C)cccc3C)cn2)nc1. The van der Waals surface area contributed by atoms with Crippen molar-refractivity contribution in [2.75, 3.05) is 0 Å². The Labute approximate surface area is 167 Å². The van der Waals surface area contributed by atoms with Crippen molar-refractivity contribution in [3.63, 3.8) is 0 Å². The van der Waals surface area contributed by atoms with Crippen LogP contribution < -0.4 is 0 Å². The van der Waals surface area contributed by atoms with Gasteiger partial charge in [0, 0.05) is 23.5 Å². The summed E-state index contributed by atoms with van der Waals surface area (Å²) < 4.78 is 0. The lowest BCUT2D eigenvalue weighted by atomic mass is 9.96. The van der Waals surface area contributed by atoms with Crippen molar-refractivity contribution in [3.05, 3.63) is 95.3 Å². The summed E-state index contributed by atoms with van der Waals surface area (Å²) in [6, 6.07) is 21.2. The zero-order chi connectivity index (χ0) is 19.7. The summed E-state index contributed by atoms with van der Waals surface area (Å²) in [5.74, 6) is 0. The van der Waals surface area contributed by atoms with Crippen LogP contribution in [-0.4, -0.2) is 9.97 Å². The minimum absolute atomic E-state index is 0.892. The van der Waals surface area contributed by atoms with Crippen molar-refractivity contribution in [3.8, 4) is 33.6 Å². The molecule has 28 heavy (non-hydrogen) atoms. The second-order valence-corrected chi connectivity index (χ2v) is 7.40. The molecule has 0 amide bonds. The predicted molar refractivity (Wildman–Crippen MR) is 117 cm³/mol. The van der Waals surface area contributed by atoms with E-state index in [1.165, 1.54) is 33.4 Å². The van der Waals surface area contributed by atoms with Gasteiger partial charge in [-0.3, -0.25) is 9.97 Å². The van der Waals surface area contributed by atoms with Gasteiger partial charge in [0.25, 0.3) is 0 Å². The van der Waals surface area contributed by atoms with Crippen molar-refractivity contribution in [1.82, 2.24) is 9.97 Å². The summed E-state index contributed by atoms with van der Waals surface area (Å²) in [7, 11) is 0. The van der Waals surface area contributed by atoms with Gasteiger partial charge in [-0.25, -0.2) is 0 Å². The predicted octanol–water partition coefficient (Wildman–Crippen LogP) is 6.71. The minimum Gasteiger partial charge on any atom is -0.254 e. The fourth-order valence-electron chi connectivity index (χ4n) is 3.93. The molecule has 2 aromatic carbocycles. The van der Waals surface area contributed by atoms with Crippen molar-refractivity contribution in [2.45, 2.75) is 27.7 Å². The Morgan fingerprint density at radius 2 is 0.821 bits per heavy atom. The molecule has 4 aromatic rings. The van der Waals surface area contributed by atoms with E-state index < -0.39 is 0 Å². The van der Waals surface area contributed by atoms with Crippen LogP contribution in [0.25, 0.3) is 33.6 Å². The Morgan fingerprint density at radius 1 is 0.464 bits per heavy atom. The van der Waals surface area contributed by atoms with E-state index in [-0.39, 0.29) is 0 Å². The molecule has 2 nitrogen and oxygen atoms in total. The molecule has 0 aliphatic carbocycles. The fraction of sp³-hybridized carbons (Fsp3) is 0.154. The Kier molecular flexibility index (Phi) is 4.79. The maximum absolute atomic E-state index is 4.68. The van der Waals surface area contributed by atoms with Crippen LogP contribution in [-0.2, 0) is 0 Å². The molecule has 0 saturated heterocycles. The molecule has 2 aromatic heterocycles. The van der Waals surface area contributed by atoms with Crippen LogP contribution in [0, 0.1) is 27.7 Å². The monoisotopic (exact) mass is 364 g/mol. The first kappa shape index (κ1) is 18.1. The van der Waals surface area contributed by atoms with Crippen LogP contribution in [0.4, 0.5) is 0 Å². The standard InChI is InChI=1S/C26H24N2/c1-17-7-5-8-18(2)25(17)21-11-13-23(27-15-21)24-14-12-22(16-28-24)26-19(3)9-6-10-20(26)4/h5-16H,1-4H3. The number of rotatable bonds is 3. The zero-order valence-corrected chi connectivity index (χ0v) is 16.8. The van der Waals surface area contributed by atoms with Crippen molar-refractivity contribution in [2.24, 2.45) is 0 Å². The molecule has 4 rings (SSSR count). The van der Waals surface area contributed by atoms with Crippen LogP contribution in [0.5, 0.6) is 0 Å². The van der Waals surface area contributed by atoms with E-state index in [0.717, 1.165) is 22.5 Å². The van der Waals surface area contributed by atoms with E-state index >= 15 is 0 Å². The molecular weight excluding hydrogens is 340 g/mol. The van der Waals surface area contributed by atoms with Crippen molar-refractivity contribution < 1.29 is 0 Å². The molecule has 0 fully saturated rings. The van der Waals surface area contributed by atoms with E-state index in [9.17, 15) is 0 Å². The highest BCUT2D eigenvalue weighted by Crippen LogP contribution is 2.30.